The molecule has 0 amide bonds. The van der Waals surface area contributed by atoms with E-state index in [9.17, 15) is 10.2 Å². The van der Waals surface area contributed by atoms with Crippen molar-refractivity contribution in [3.63, 3.8) is 0 Å². The molecule has 1 aromatic heterocycles. The Balaban J connectivity index is 2.47. The van der Waals surface area contributed by atoms with E-state index in [4.69, 9.17) is 11.6 Å². The number of thiol groups is 1. The van der Waals surface area contributed by atoms with E-state index in [1.54, 1.807) is 30.5 Å². The molecule has 1 heterocycles. The van der Waals surface area contributed by atoms with Gasteiger partial charge in [-0.25, -0.2) is 0 Å². The molecule has 1 aromatic carbocycles. The maximum absolute atomic E-state index is 9.88. The number of halogens is 1. The highest BCUT2D eigenvalue weighted by atomic mass is 35.5. The van der Waals surface area contributed by atoms with Crippen LogP contribution >= 0.6 is 24.2 Å². The van der Waals surface area contributed by atoms with Crippen LogP contribution in [0.3, 0.4) is 0 Å². The first kappa shape index (κ1) is 12.6. The second-order valence-electron chi connectivity index (χ2n) is 3.76. The van der Waals surface area contributed by atoms with Crippen molar-refractivity contribution in [1.82, 2.24) is 4.98 Å². The number of pyridine rings is 1. The molecule has 0 aliphatic rings. The van der Waals surface area contributed by atoms with E-state index < -0.39 is 12.2 Å². The summed E-state index contributed by atoms with van der Waals surface area (Å²) in [6.45, 7) is 0. The second-order valence-corrected chi connectivity index (χ2v) is 4.54. The van der Waals surface area contributed by atoms with Gasteiger partial charge in [-0.1, -0.05) is 17.7 Å². The quantitative estimate of drug-likeness (QED) is 0.749. The molecule has 0 saturated heterocycles. The Morgan fingerprint density at radius 3 is 2.76 bits per heavy atom. The van der Waals surface area contributed by atoms with Gasteiger partial charge < -0.3 is 10.2 Å². The van der Waals surface area contributed by atoms with Gasteiger partial charge in [-0.2, -0.15) is 12.6 Å². The first-order valence-corrected chi connectivity index (χ1v) is 6.15. The van der Waals surface area contributed by atoms with Crippen molar-refractivity contribution in [1.29, 1.82) is 0 Å². The molecule has 2 atom stereocenters. The topological polar surface area (TPSA) is 53.4 Å². The normalized spacial score (nSPS) is 14.8. The van der Waals surface area contributed by atoms with Crippen molar-refractivity contribution >= 4 is 35.1 Å². The van der Waals surface area contributed by atoms with Crippen LogP contribution in [-0.4, -0.2) is 27.1 Å². The molecule has 3 nitrogen and oxygen atoms in total. The van der Waals surface area contributed by atoms with Crippen molar-refractivity contribution in [3.8, 4) is 0 Å². The fourth-order valence-electron chi connectivity index (χ4n) is 1.64. The minimum absolute atomic E-state index is 0.194. The molecular weight excluding hydrogens is 258 g/mol. The zero-order chi connectivity index (χ0) is 12.4. The fraction of sp³-hybridized carbons (Fsp3) is 0.250. The van der Waals surface area contributed by atoms with Crippen molar-refractivity contribution in [2.24, 2.45) is 0 Å². The Bertz CT molecular complexity index is 535. The van der Waals surface area contributed by atoms with Gasteiger partial charge in [0.2, 0.25) is 0 Å². The third-order valence-corrected chi connectivity index (χ3v) is 3.31. The third kappa shape index (κ3) is 2.55. The Morgan fingerprint density at radius 1 is 1.29 bits per heavy atom. The monoisotopic (exact) mass is 269 g/mol. The van der Waals surface area contributed by atoms with Crippen LogP contribution in [0.1, 0.15) is 11.7 Å². The van der Waals surface area contributed by atoms with Crippen LogP contribution in [0.4, 0.5) is 0 Å². The average molecular weight is 270 g/mol. The van der Waals surface area contributed by atoms with Crippen LogP contribution < -0.4 is 0 Å². The minimum Gasteiger partial charge on any atom is -0.389 e. The molecule has 2 rings (SSSR count). The van der Waals surface area contributed by atoms with Crippen molar-refractivity contribution in [3.05, 3.63) is 41.0 Å². The molecule has 0 fully saturated rings. The van der Waals surface area contributed by atoms with E-state index in [1.807, 2.05) is 0 Å². The Hall–Kier alpha value is -0.810. The van der Waals surface area contributed by atoms with Gasteiger partial charge in [0.1, 0.15) is 6.10 Å². The molecule has 0 radical (unpaired) electrons. The summed E-state index contributed by atoms with van der Waals surface area (Å²) in [4.78, 5) is 4.16. The Kier molecular flexibility index (Phi) is 3.89. The maximum Gasteiger partial charge on any atom is 0.106 e. The van der Waals surface area contributed by atoms with Crippen LogP contribution in [0.2, 0.25) is 5.02 Å². The van der Waals surface area contributed by atoms with Crippen molar-refractivity contribution in [2.75, 3.05) is 5.75 Å². The second kappa shape index (κ2) is 5.23. The SMILES string of the molecule is OC(CS)C(O)c1ccc2nccc(Cl)c2c1. The predicted octanol–water partition coefficient (Wildman–Crippen LogP) is 2.21. The summed E-state index contributed by atoms with van der Waals surface area (Å²) < 4.78 is 0. The zero-order valence-corrected chi connectivity index (χ0v) is 10.6. The van der Waals surface area contributed by atoms with Crippen LogP contribution in [-0.2, 0) is 0 Å². The summed E-state index contributed by atoms with van der Waals surface area (Å²) in [5, 5.41) is 20.8. The van der Waals surface area contributed by atoms with Gasteiger partial charge in [0.05, 0.1) is 16.6 Å². The third-order valence-electron chi connectivity index (χ3n) is 2.61. The summed E-state index contributed by atoms with van der Waals surface area (Å²) in [6.07, 6.45) is -0.233. The molecule has 2 unspecified atom stereocenters. The van der Waals surface area contributed by atoms with Gasteiger partial charge in [0.15, 0.2) is 0 Å². The first-order valence-electron chi connectivity index (χ1n) is 5.14. The summed E-state index contributed by atoms with van der Waals surface area (Å²) in [6, 6.07) is 6.92. The molecule has 0 saturated carbocycles. The van der Waals surface area contributed by atoms with E-state index >= 15 is 0 Å². The lowest BCUT2D eigenvalue weighted by molar-refractivity contribution is 0.0338. The molecule has 90 valence electrons. The molecule has 5 heteroatoms. The smallest absolute Gasteiger partial charge is 0.106 e. The largest absolute Gasteiger partial charge is 0.389 e. The standard InChI is InChI=1S/C12H12ClNO2S/c13-9-3-4-14-10-2-1-7(5-8(9)10)12(16)11(15)6-17/h1-5,11-12,15-17H,6H2. The minimum atomic E-state index is -0.965. The van der Waals surface area contributed by atoms with E-state index in [0.717, 1.165) is 10.9 Å². The number of aromatic nitrogens is 1. The lowest BCUT2D eigenvalue weighted by atomic mass is 10.0. The van der Waals surface area contributed by atoms with Gasteiger partial charge >= 0.3 is 0 Å². The zero-order valence-electron chi connectivity index (χ0n) is 8.92. The molecule has 2 aromatic rings. The number of rotatable bonds is 3. The number of aliphatic hydroxyl groups is 2. The number of aliphatic hydroxyl groups excluding tert-OH is 2. The van der Waals surface area contributed by atoms with Gasteiger partial charge in [0, 0.05) is 17.3 Å². The molecular formula is C12H12ClNO2S. The van der Waals surface area contributed by atoms with Gasteiger partial charge in [-0.05, 0) is 23.8 Å². The summed E-state index contributed by atoms with van der Waals surface area (Å²) in [7, 11) is 0. The Morgan fingerprint density at radius 2 is 2.06 bits per heavy atom. The van der Waals surface area contributed by atoms with Crippen LogP contribution in [0, 0.1) is 0 Å². The highest BCUT2D eigenvalue weighted by molar-refractivity contribution is 7.80. The van der Waals surface area contributed by atoms with E-state index in [1.165, 1.54) is 0 Å². The first-order chi connectivity index (χ1) is 8.13. The van der Waals surface area contributed by atoms with Crippen LogP contribution in [0.25, 0.3) is 10.9 Å². The van der Waals surface area contributed by atoms with Gasteiger partial charge in [0.25, 0.3) is 0 Å². The fourth-order valence-corrected chi connectivity index (χ4v) is 2.04. The number of fused-ring (bicyclic) bond motifs is 1. The maximum atomic E-state index is 9.88. The predicted molar refractivity (Wildman–Crippen MR) is 71.6 cm³/mol. The molecule has 17 heavy (non-hydrogen) atoms. The van der Waals surface area contributed by atoms with Gasteiger partial charge in [-0.15, -0.1) is 0 Å². The number of nitrogens with zero attached hydrogens (tertiary/aromatic N) is 1. The van der Waals surface area contributed by atoms with Gasteiger partial charge in [-0.3, -0.25) is 4.98 Å². The summed E-state index contributed by atoms with van der Waals surface area (Å²) >= 11 is 10.00. The number of benzene rings is 1. The van der Waals surface area contributed by atoms with Crippen LogP contribution in [0.5, 0.6) is 0 Å². The van der Waals surface area contributed by atoms with E-state index in [0.29, 0.717) is 10.6 Å². The van der Waals surface area contributed by atoms with E-state index in [-0.39, 0.29) is 5.75 Å². The molecule has 0 aliphatic carbocycles. The van der Waals surface area contributed by atoms with Crippen LogP contribution in [0.15, 0.2) is 30.5 Å². The highest BCUT2D eigenvalue weighted by Gasteiger charge is 2.17. The van der Waals surface area contributed by atoms with E-state index in [2.05, 4.69) is 17.6 Å². The Labute approximate surface area is 109 Å². The number of hydrogen-bond acceptors (Lipinski definition) is 4. The highest BCUT2D eigenvalue weighted by Crippen LogP contribution is 2.26. The van der Waals surface area contributed by atoms with Crippen molar-refractivity contribution < 1.29 is 10.2 Å². The molecule has 0 bridgehead atoms. The molecule has 0 spiro atoms. The molecule has 2 N–H and O–H groups in total. The summed E-state index contributed by atoms with van der Waals surface area (Å²) in [5.74, 6) is 0.194. The number of hydrogen-bond donors (Lipinski definition) is 3. The molecule has 0 aliphatic heterocycles. The van der Waals surface area contributed by atoms with Crippen molar-refractivity contribution in [2.45, 2.75) is 12.2 Å². The average Bonchev–Trinajstić information content (AvgIpc) is 2.37. The lowest BCUT2D eigenvalue weighted by Gasteiger charge is -2.16. The summed E-state index contributed by atoms with van der Waals surface area (Å²) in [5.41, 5.74) is 1.36. The lowest BCUT2D eigenvalue weighted by Crippen LogP contribution is -2.19.